The Bertz CT molecular complexity index is 831. The van der Waals surface area contributed by atoms with Crippen LogP contribution in [-0.4, -0.2) is 44.2 Å². The van der Waals surface area contributed by atoms with Gasteiger partial charge in [0, 0.05) is 35.7 Å². The van der Waals surface area contributed by atoms with Crippen molar-refractivity contribution in [1.82, 2.24) is 5.32 Å². The Kier molecular flexibility index (Phi) is 8.03. The SMILES string of the molecule is COCCOc1cccc(NC(=O)CNc2cccc(C(=O)NC(C)(C)C)c2)c1. The molecule has 2 aromatic carbocycles. The number of anilines is 2. The highest BCUT2D eigenvalue weighted by Crippen LogP contribution is 2.17. The second-order valence-electron chi connectivity index (χ2n) is 7.56. The lowest BCUT2D eigenvalue weighted by atomic mass is 10.1. The molecule has 0 aliphatic rings. The molecule has 0 aliphatic heterocycles. The quantitative estimate of drug-likeness (QED) is 0.563. The summed E-state index contributed by atoms with van der Waals surface area (Å²) in [5.41, 5.74) is 1.55. The van der Waals surface area contributed by atoms with Gasteiger partial charge in [0.15, 0.2) is 0 Å². The second kappa shape index (κ2) is 10.5. The molecule has 0 aliphatic carbocycles. The van der Waals surface area contributed by atoms with Gasteiger partial charge in [-0.1, -0.05) is 12.1 Å². The summed E-state index contributed by atoms with van der Waals surface area (Å²) >= 11 is 0. The van der Waals surface area contributed by atoms with E-state index in [0.29, 0.717) is 35.9 Å². The molecule has 156 valence electrons. The normalized spacial score (nSPS) is 10.9. The van der Waals surface area contributed by atoms with E-state index in [1.54, 1.807) is 37.4 Å². The third-order valence-electron chi connectivity index (χ3n) is 3.74. The van der Waals surface area contributed by atoms with Crippen LogP contribution in [0.4, 0.5) is 11.4 Å². The standard InChI is InChI=1S/C22H29N3O4/c1-22(2,3)25-21(27)16-7-5-8-17(13-16)23-15-20(26)24-18-9-6-10-19(14-18)29-12-11-28-4/h5-10,13-14,23H,11-12,15H2,1-4H3,(H,24,26)(H,25,27). The van der Waals surface area contributed by atoms with E-state index in [1.807, 2.05) is 39.0 Å². The van der Waals surface area contributed by atoms with Crippen molar-refractivity contribution in [3.63, 3.8) is 0 Å². The number of hydrogen-bond donors (Lipinski definition) is 3. The number of nitrogens with one attached hydrogen (secondary N) is 3. The number of methoxy groups -OCH3 is 1. The van der Waals surface area contributed by atoms with Gasteiger partial charge in [0.1, 0.15) is 12.4 Å². The first-order chi connectivity index (χ1) is 13.8. The van der Waals surface area contributed by atoms with Crippen molar-refractivity contribution in [3.05, 3.63) is 54.1 Å². The zero-order valence-electron chi connectivity index (χ0n) is 17.4. The molecule has 2 aromatic rings. The Morgan fingerprint density at radius 2 is 1.69 bits per heavy atom. The highest BCUT2D eigenvalue weighted by Gasteiger charge is 2.15. The summed E-state index contributed by atoms with van der Waals surface area (Å²) in [4.78, 5) is 24.5. The second-order valence-corrected chi connectivity index (χ2v) is 7.56. The first-order valence-electron chi connectivity index (χ1n) is 9.45. The number of carbonyl (C=O) groups excluding carboxylic acids is 2. The van der Waals surface area contributed by atoms with Crippen LogP contribution in [0.5, 0.6) is 5.75 Å². The Balaban J connectivity index is 1.89. The fraction of sp³-hybridized carbons (Fsp3) is 0.364. The van der Waals surface area contributed by atoms with E-state index in [2.05, 4.69) is 16.0 Å². The number of benzene rings is 2. The van der Waals surface area contributed by atoms with Crippen LogP contribution >= 0.6 is 0 Å². The highest BCUT2D eigenvalue weighted by molar-refractivity contribution is 5.96. The molecular formula is C22H29N3O4. The van der Waals surface area contributed by atoms with Gasteiger partial charge in [0.05, 0.1) is 13.2 Å². The molecule has 2 amide bonds. The molecule has 0 aromatic heterocycles. The largest absolute Gasteiger partial charge is 0.491 e. The summed E-state index contributed by atoms with van der Waals surface area (Å²) in [7, 11) is 1.61. The number of ether oxygens (including phenoxy) is 2. The number of amides is 2. The van der Waals surface area contributed by atoms with Crippen LogP contribution < -0.4 is 20.7 Å². The summed E-state index contributed by atoms with van der Waals surface area (Å²) in [6.45, 7) is 6.78. The minimum absolute atomic E-state index is 0.0686. The fourth-order valence-corrected chi connectivity index (χ4v) is 2.48. The lowest BCUT2D eigenvalue weighted by molar-refractivity contribution is -0.114. The van der Waals surface area contributed by atoms with Gasteiger partial charge in [-0.25, -0.2) is 0 Å². The minimum Gasteiger partial charge on any atom is -0.491 e. The van der Waals surface area contributed by atoms with E-state index < -0.39 is 0 Å². The Morgan fingerprint density at radius 1 is 0.966 bits per heavy atom. The molecule has 0 unspecified atom stereocenters. The predicted octanol–water partition coefficient (Wildman–Crippen LogP) is 3.29. The van der Waals surface area contributed by atoms with Crippen LogP contribution in [0.3, 0.4) is 0 Å². The van der Waals surface area contributed by atoms with Crippen molar-refractivity contribution in [2.45, 2.75) is 26.3 Å². The molecule has 29 heavy (non-hydrogen) atoms. The van der Waals surface area contributed by atoms with Gasteiger partial charge in [-0.15, -0.1) is 0 Å². The van der Waals surface area contributed by atoms with Gasteiger partial charge < -0.3 is 25.4 Å². The molecule has 0 spiro atoms. The molecule has 0 bridgehead atoms. The predicted molar refractivity (Wildman–Crippen MR) is 115 cm³/mol. The fourth-order valence-electron chi connectivity index (χ4n) is 2.48. The first-order valence-corrected chi connectivity index (χ1v) is 9.45. The zero-order chi connectivity index (χ0) is 21.3. The van der Waals surface area contributed by atoms with Gasteiger partial charge in [0.25, 0.3) is 5.91 Å². The summed E-state index contributed by atoms with van der Waals surface area (Å²) in [6.07, 6.45) is 0. The maximum absolute atomic E-state index is 12.3. The van der Waals surface area contributed by atoms with Crippen molar-refractivity contribution < 1.29 is 19.1 Å². The first kappa shape index (κ1) is 22.2. The van der Waals surface area contributed by atoms with Gasteiger partial charge in [0.2, 0.25) is 5.91 Å². The third-order valence-corrected chi connectivity index (χ3v) is 3.74. The lowest BCUT2D eigenvalue weighted by Gasteiger charge is -2.20. The molecule has 0 heterocycles. The van der Waals surface area contributed by atoms with Crippen molar-refractivity contribution in [1.29, 1.82) is 0 Å². The monoisotopic (exact) mass is 399 g/mol. The van der Waals surface area contributed by atoms with Gasteiger partial charge >= 0.3 is 0 Å². The summed E-state index contributed by atoms with van der Waals surface area (Å²) < 4.78 is 10.5. The van der Waals surface area contributed by atoms with Crippen LogP contribution in [0, 0.1) is 0 Å². The van der Waals surface area contributed by atoms with Crippen LogP contribution in [0.1, 0.15) is 31.1 Å². The van der Waals surface area contributed by atoms with Crippen molar-refractivity contribution in [3.8, 4) is 5.75 Å². The van der Waals surface area contributed by atoms with Gasteiger partial charge in [-0.3, -0.25) is 9.59 Å². The van der Waals surface area contributed by atoms with Gasteiger partial charge in [-0.05, 0) is 51.1 Å². The van der Waals surface area contributed by atoms with E-state index in [4.69, 9.17) is 9.47 Å². The average molecular weight is 399 g/mol. The molecule has 0 atom stereocenters. The summed E-state index contributed by atoms with van der Waals surface area (Å²) in [5, 5.41) is 8.78. The topological polar surface area (TPSA) is 88.7 Å². The van der Waals surface area contributed by atoms with E-state index in [-0.39, 0.29) is 23.9 Å². The van der Waals surface area contributed by atoms with Gasteiger partial charge in [-0.2, -0.15) is 0 Å². The van der Waals surface area contributed by atoms with E-state index in [1.165, 1.54) is 0 Å². The Labute approximate surface area is 171 Å². The number of hydrogen-bond acceptors (Lipinski definition) is 5. The minimum atomic E-state index is -0.317. The molecule has 0 fully saturated rings. The lowest BCUT2D eigenvalue weighted by Crippen LogP contribution is -2.40. The smallest absolute Gasteiger partial charge is 0.251 e. The number of rotatable bonds is 9. The average Bonchev–Trinajstić information content (AvgIpc) is 2.66. The van der Waals surface area contributed by atoms with Crippen LogP contribution in [-0.2, 0) is 9.53 Å². The van der Waals surface area contributed by atoms with Crippen molar-refractivity contribution in [2.24, 2.45) is 0 Å². The maximum atomic E-state index is 12.3. The maximum Gasteiger partial charge on any atom is 0.251 e. The summed E-state index contributed by atoms with van der Waals surface area (Å²) in [5.74, 6) is 0.296. The third kappa shape index (κ3) is 8.23. The molecular weight excluding hydrogens is 370 g/mol. The van der Waals surface area contributed by atoms with Crippen LogP contribution in [0.2, 0.25) is 0 Å². The van der Waals surface area contributed by atoms with E-state index >= 15 is 0 Å². The van der Waals surface area contributed by atoms with E-state index in [9.17, 15) is 9.59 Å². The number of carbonyl (C=O) groups is 2. The molecule has 3 N–H and O–H groups in total. The van der Waals surface area contributed by atoms with Crippen molar-refractivity contribution in [2.75, 3.05) is 37.5 Å². The zero-order valence-corrected chi connectivity index (χ0v) is 17.4. The molecule has 7 nitrogen and oxygen atoms in total. The molecule has 0 saturated heterocycles. The van der Waals surface area contributed by atoms with Crippen LogP contribution in [0.25, 0.3) is 0 Å². The Hall–Kier alpha value is -3.06. The molecule has 0 radical (unpaired) electrons. The highest BCUT2D eigenvalue weighted by atomic mass is 16.5. The molecule has 2 rings (SSSR count). The Morgan fingerprint density at radius 3 is 2.41 bits per heavy atom. The molecule has 0 saturated carbocycles. The molecule has 7 heteroatoms. The van der Waals surface area contributed by atoms with E-state index in [0.717, 1.165) is 0 Å². The van der Waals surface area contributed by atoms with Crippen LogP contribution in [0.15, 0.2) is 48.5 Å². The van der Waals surface area contributed by atoms with Crippen molar-refractivity contribution >= 4 is 23.2 Å². The summed E-state index contributed by atoms with van der Waals surface area (Å²) in [6, 6.07) is 14.2.